The van der Waals surface area contributed by atoms with Crippen molar-refractivity contribution in [1.29, 1.82) is 0 Å². The van der Waals surface area contributed by atoms with Crippen LogP contribution in [0.15, 0.2) is 65.6 Å². The lowest BCUT2D eigenvalue weighted by atomic mass is 10.1. The molecule has 0 aliphatic carbocycles. The van der Waals surface area contributed by atoms with Gasteiger partial charge in [0.2, 0.25) is 0 Å². The van der Waals surface area contributed by atoms with Crippen LogP contribution in [0.2, 0.25) is 10.0 Å². The molecule has 8 nitrogen and oxygen atoms in total. The van der Waals surface area contributed by atoms with E-state index in [1.54, 1.807) is 42.5 Å². The SMILES string of the molecule is COc1cc(/C=C2/SC(=O)N(c3cccc(Cl)c3)C2=O)cc(Cl)c1OCc1cccc([N+](=O)[O-])c1. The second-order valence-corrected chi connectivity index (χ2v) is 9.08. The third kappa shape index (κ3) is 5.43. The molecule has 0 bridgehead atoms. The van der Waals surface area contributed by atoms with E-state index in [9.17, 15) is 19.7 Å². The van der Waals surface area contributed by atoms with Gasteiger partial charge in [-0.3, -0.25) is 19.7 Å². The largest absolute Gasteiger partial charge is 0.493 e. The van der Waals surface area contributed by atoms with Crippen molar-refractivity contribution in [3.8, 4) is 11.5 Å². The maximum atomic E-state index is 12.9. The van der Waals surface area contributed by atoms with Crippen molar-refractivity contribution in [2.75, 3.05) is 12.0 Å². The summed E-state index contributed by atoms with van der Waals surface area (Å²) in [6, 6.07) is 15.7. The van der Waals surface area contributed by atoms with Crippen LogP contribution in [0.25, 0.3) is 6.08 Å². The standard InChI is InChI=1S/C24H16Cl2N2O6S/c1-33-20-10-15(9-19(26)22(20)34-13-14-4-2-7-18(8-14)28(31)32)11-21-23(29)27(24(30)35-21)17-6-3-5-16(25)12-17/h2-12H,13H2,1H3/b21-11+. The van der Waals surface area contributed by atoms with E-state index < -0.39 is 16.1 Å². The highest BCUT2D eigenvalue weighted by molar-refractivity contribution is 8.19. The van der Waals surface area contributed by atoms with Crippen LogP contribution in [0.1, 0.15) is 11.1 Å². The second-order valence-electron chi connectivity index (χ2n) is 7.25. The fourth-order valence-corrected chi connectivity index (χ4v) is 4.63. The van der Waals surface area contributed by atoms with E-state index in [1.165, 1.54) is 31.4 Å². The molecule has 0 atom stereocenters. The van der Waals surface area contributed by atoms with Gasteiger partial charge in [0, 0.05) is 17.2 Å². The van der Waals surface area contributed by atoms with E-state index in [0.29, 0.717) is 27.6 Å². The lowest BCUT2D eigenvalue weighted by Crippen LogP contribution is -2.27. The van der Waals surface area contributed by atoms with Gasteiger partial charge in [0.15, 0.2) is 11.5 Å². The van der Waals surface area contributed by atoms with Gasteiger partial charge in [-0.15, -0.1) is 0 Å². The number of rotatable bonds is 7. The number of anilines is 1. The zero-order chi connectivity index (χ0) is 25.1. The zero-order valence-electron chi connectivity index (χ0n) is 18.1. The highest BCUT2D eigenvalue weighted by Gasteiger charge is 2.36. The number of nitro groups is 1. The van der Waals surface area contributed by atoms with Gasteiger partial charge >= 0.3 is 0 Å². The number of nitro benzene ring substituents is 1. The van der Waals surface area contributed by atoms with Crippen molar-refractivity contribution >= 4 is 63.6 Å². The number of methoxy groups -OCH3 is 1. The first-order valence-corrected chi connectivity index (χ1v) is 11.6. The number of amides is 2. The van der Waals surface area contributed by atoms with Gasteiger partial charge in [0.25, 0.3) is 16.8 Å². The lowest BCUT2D eigenvalue weighted by molar-refractivity contribution is -0.384. The number of thioether (sulfide) groups is 1. The molecular weight excluding hydrogens is 515 g/mol. The number of carbonyl (C=O) groups is 2. The molecule has 1 aliphatic rings. The molecule has 0 radical (unpaired) electrons. The molecule has 1 fully saturated rings. The number of nitrogens with zero attached hydrogens (tertiary/aromatic N) is 2. The van der Waals surface area contributed by atoms with Crippen LogP contribution < -0.4 is 14.4 Å². The molecule has 0 aromatic heterocycles. The van der Waals surface area contributed by atoms with E-state index in [-0.39, 0.29) is 28.0 Å². The summed E-state index contributed by atoms with van der Waals surface area (Å²) in [5.41, 5.74) is 1.43. The molecule has 0 unspecified atom stereocenters. The number of imide groups is 1. The van der Waals surface area contributed by atoms with Crippen LogP contribution in [0.3, 0.4) is 0 Å². The van der Waals surface area contributed by atoms with Gasteiger partial charge < -0.3 is 9.47 Å². The van der Waals surface area contributed by atoms with E-state index in [1.807, 2.05) is 0 Å². The van der Waals surface area contributed by atoms with Gasteiger partial charge in [-0.05, 0) is 59.3 Å². The predicted molar refractivity (Wildman–Crippen MR) is 135 cm³/mol. The van der Waals surface area contributed by atoms with Crippen molar-refractivity contribution in [2.24, 2.45) is 0 Å². The molecule has 1 aliphatic heterocycles. The number of hydrogen-bond acceptors (Lipinski definition) is 7. The maximum absolute atomic E-state index is 12.9. The molecule has 1 heterocycles. The smallest absolute Gasteiger partial charge is 0.298 e. The quantitative estimate of drug-likeness (QED) is 0.189. The van der Waals surface area contributed by atoms with E-state index in [2.05, 4.69) is 0 Å². The molecule has 2 amide bonds. The Morgan fingerprint density at radius 2 is 1.86 bits per heavy atom. The highest BCUT2D eigenvalue weighted by Crippen LogP contribution is 2.40. The summed E-state index contributed by atoms with van der Waals surface area (Å²) in [5.74, 6) is 0.0523. The van der Waals surface area contributed by atoms with Crippen molar-refractivity contribution < 1.29 is 24.0 Å². The first kappa shape index (κ1) is 24.6. The van der Waals surface area contributed by atoms with Crippen molar-refractivity contribution in [3.63, 3.8) is 0 Å². The summed E-state index contributed by atoms with van der Waals surface area (Å²) in [4.78, 5) is 37.2. The lowest BCUT2D eigenvalue weighted by Gasteiger charge is -2.14. The third-order valence-electron chi connectivity index (χ3n) is 4.91. The fourth-order valence-electron chi connectivity index (χ4n) is 3.34. The molecule has 35 heavy (non-hydrogen) atoms. The molecule has 0 spiro atoms. The molecule has 4 rings (SSSR count). The summed E-state index contributed by atoms with van der Waals surface area (Å²) in [6.07, 6.45) is 1.54. The van der Waals surface area contributed by atoms with E-state index in [0.717, 1.165) is 16.7 Å². The van der Waals surface area contributed by atoms with Crippen molar-refractivity contribution in [2.45, 2.75) is 6.61 Å². The third-order valence-corrected chi connectivity index (χ3v) is 6.30. The molecule has 1 saturated heterocycles. The summed E-state index contributed by atoms with van der Waals surface area (Å²) in [5, 5.41) is 11.1. The average Bonchev–Trinajstić information content (AvgIpc) is 3.10. The first-order chi connectivity index (χ1) is 16.8. The minimum absolute atomic E-state index is 0.0234. The van der Waals surface area contributed by atoms with Crippen LogP contribution in [0, 0.1) is 10.1 Å². The summed E-state index contributed by atoms with van der Waals surface area (Å²) >= 11 is 13.2. The molecule has 178 valence electrons. The number of benzene rings is 3. The Labute approximate surface area is 214 Å². The van der Waals surface area contributed by atoms with Gasteiger partial charge in [-0.2, -0.15) is 0 Å². The molecule has 0 saturated carbocycles. The van der Waals surface area contributed by atoms with Gasteiger partial charge in [-0.1, -0.05) is 41.4 Å². The molecule has 0 N–H and O–H groups in total. The fraction of sp³-hybridized carbons (Fsp3) is 0.0833. The number of carbonyl (C=O) groups excluding carboxylic acids is 2. The Hall–Kier alpha value is -3.53. The predicted octanol–water partition coefficient (Wildman–Crippen LogP) is 6.73. The Balaban J connectivity index is 1.57. The van der Waals surface area contributed by atoms with Crippen molar-refractivity contribution in [1.82, 2.24) is 0 Å². The first-order valence-electron chi connectivity index (χ1n) is 10.0. The van der Waals surface area contributed by atoms with Crippen molar-refractivity contribution in [3.05, 3.63) is 96.9 Å². The summed E-state index contributed by atoms with van der Waals surface area (Å²) in [7, 11) is 1.43. The average molecular weight is 531 g/mol. The monoisotopic (exact) mass is 530 g/mol. The Bertz CT molecular complexity index is 1380. The summed E-state index contributed by atoms with van der Waals surface area (Å²) < 4.78 is 11.2. The number of halogens is 2. The molecular formula is C24H16Cl2N2O6S. The van der Waals surface area contributed by atoms with E-state index >= 15 is 0 Å². The summed E-state index contributed by atoms with van der Waals surface area (Å²) in [6.45, 7) is 0.0234. The minimum atomic E-state index is -0.486. The molecule has 11 heteroatoms. The van der Waals surface area contributed by atoms with Crippen LogP contribution in [-0.4, -0.2) is 23.2 Å². The van der Waals surface area contributed by atoms with Gasteiger partial charge in [0.1, 0.15) is 6.61 Å². The van der Waals surface area contributed by atoms with Gasteiger partial charge in [0.05, 0.1) is 27.6 Å². The van der Waals surface area contributed by atoms with Crippen LogP contribution >= 0.6 is 35.0 Å². The minimum Gasteiger partial charge on any atom is -0.493 e. The normalized spacial score (nSPS) is 14.5. The van der Waals surface area contributed by atoms with Crippen LogP contribution in [0.5, 0.6) is 11.5 Å². The maximum Gasteiger partial charge on any atom is 0.298 e. The second kappa shape index (κ2) is 10.4. The number of ether oxygens (including phenoxy) is 2. The van der Waals surface area contributed by atoms with Crippen LogP contribution in [0.4, 0.5) is 16.2 Å². The Morgan fingerprint density at radius 3 is 2.57 bits per heavy atom. The molecule has 3 aromatic carbocycles. The molecule has 3 aromatic rings. The van der Waals surface area contributed by atoms with Crippen LogP contribution in [-0.2, 0) is 11.4 Å². The zero-order valence-corrected chi connectivity index (χ0v) is 20.4. The van der Waals surface area contributed by atoms with E-state index in [4.69, 9.17) is 32.7 Å². The van der Waals surface area contributed by atoms with Gasteiger partial charge in [-0.25, -0.2) is 4.90 Å². The number of hydrogen-bond donors (Lipinski definition) is 0. The highest BCUT2D eigenvalue weighted by atomic mass is 35.5. The Kier molecular flexibility index (Phi) is 7.30. The Morgan fingerprint density at radius 1 is 1.09 bits per heavy atom. The number of non-ortho nitro benzene ring substituents is 1. The topological polar surface area (TPSA) is 99.0 Å².